The molecule has 0 bridgehead atoms. The molecule has 0 unspecified atom stereocenters. The van der Waals surface area contributed by atoms with Crippen molar-refractivity contribution in [3.05, 3.63) is 126 Å². The largest absolute Gasteiger partial charge is 0.478 e. The molecule has 2 aliphatic heterocycles. The van der Waals surface area contributed by atoms with Crippen LogP contribution >= 0.6 is 45.3 Å². The first-order chi connectivity index (χ1) is 28.9. The molecule has 0 radical (unpaired) electrons. The Morgan fingerprint density at radius 3 is 1.43 bits per heavy atom. The van der Waals surface area contributed by atoms with E-state index in [0.717, 1.165) is 68.2 Å². The lowest BCUT2D eigenvalue weighted by molar-refractivity contribution is 0.0696. The van der Waals surface area contributed by atoms with Gasteiger partial charge < -0.3 is 34.7 Å². The summed E-state index contributed by atoms with van der Waals surface area (Å²) in [5.74, 6) is -1.33. The second-order valence-corrected chi connectivity index (χ2v) is 19.1. The molecule has 2 aliphatic rings. The number of benzene rings is 2. The van der Waals surface area contributed by atoms with Crippen molar-refractivity contribution >= 4 is 84.7 Å². The van der Waals surface area contributed by atoms with Crippen LogP contribution in [0.2, 0.25) is 0 Å². The number of nitrogens with one attached hydrogen (secondary N) is 2. The quantitative estimate of drug-likeness (QED) is 0.109. The van der Waals surface area contributed by atoms with E-state index >= 15 is 0 Å². The first kappa shape index (κ1) is 43.1. The van der Waals surface area contributed by atoms with Crippen LogP contribution in [0.15, 0.2) is 73.1 Å². The number of hydrogen-bond acceptors (Lipinski definition) is 9. The third-order valence-corrected chi connectivity index (χ3v) is 13.5. The summed E-state index contributed by atoms with van der Waals surface area (Å²) in [6.07, 6.45) is 11.5. The van der Waals surface area contributed by atoms with Gasteiger partial charge >= 0.3 is 5.97 Å². The Labute approximate surface area is 372 Å². The molecule has 314 valence electrons. The molecule has 6 aromatic rings. The van der Waals surface area contributed by atoms with E-state index in [1.807, 2.05) is 71.8 Å². The van der Waals surface area contributed by atoms with Gasteiger partial charge in [-0.3, -0.25) is 9.59 Å². The molecule has 3 N–H and O–H groups in total. The number of amides is 2. The third-order valence-electron chi connectivity index (χ3n) is 10.7. The van der Waals surface area contributed by atoms with Gasteiger partial charge in [-0.25, -0.2) is 14.8 Å². The highest BCUT2D eigenvalue weighted by molar-refractivity contribution is 14.1. The van der Waals surface area contributed by atoms with Crippen molar-refractivity contribution in [3.63, 3.8) is 0 Å². The fourth-order valence-electron chi connectivity index (χ4n) is 7.46. The standard InChI is InChI=1S/C23H26N4O3S.C22H25IN4OS/c1-15-12-20(21(28)24-18-8-6-17(7-9-18)22(29)30)27(13-15)14-19-16(2)31-23(25-19)26-10-4-3-5-11-26;1-15-12-20(21(28)24-18-8-6-17(23)7-9-18)27(13-15)14-19-16(2)29-22(25-19)26-10-4-3-5-11-26/h6-9,12-13H,3-5,10-11,14H2,1-2H3,(H,24,28)(H,29,30);6-9,12-13H,3-5,10-11,14H2,1-2H3,(H,24,28). The average Bonchev–Trinajstić information content (AvgIpc) is 4.02. The number of carboxylic acid groups (broad SMARTS) is 1. The van der Waals surface area contributed by atoms with Gasteiger partial charge in [-0.05, 0) is 161 Å². The van der Waals surface area contributed by atoms with E-state index in [0.29, 0.717) is 30.2 Å². The Bertz CT molecular complexity index is 2440. The Balaban J connectivity index is 0.000000182. The minimum atomic E-state index is -0.995. The van der Waals surface area contributed by atoms with Gasteiger partial charge in [-0.15, -0.1) is 22.7 Å². The van der Waals surface area contributed by atoms with E-state index in [4.69, 9.17) is 15.1 Å². The highest BCUT2D eigenvalue weighted by atomic mass is 127. The number of aryl methyl sites for hydroxylation is 4. The molecule has 2 saturated heterocycles. The molecule has 6 heterocycles. The van der Waals surface area contributed by atoms with E-state index in [1.54, 1.807) is 34.8 Å². The number of carboxylic acids is 1. The average molecular weight is 959 g/mol. The second kappa shape index (κ2) is 19.6. The van der Waals surface area contributed by atoms with E-state index in [1.165, 1.54) is 60.4 Å². The van der Waals surface area contributed by atoms with Crippen LogP contribution in [0.1, 0.15) is 102 Å². The molecule has 2 fully saturated rings. The molecule has 0 spiro atoms. The van der Waals surface area contributed by atoms with E-state index in [9.17, 15) is 14.4 Å². The third kappa shape index (κ3) is 10.8. The van der Waals surface area contributed by atoms with Gasteiger partial charge in [0, 0.05) is 63.3 Å². The molecule has 12 nitrogen and oxygen atoms in total. The van der Waals surface area contributed by atoms with Crippen molar-refractivity contribution < 1.29 is 19.5 Å². The molecule has 15 heteroatoms. The molecular formula is C45H51IN8O4S2. The van der Waals surface area contributed by atoms with Crippen molar-refractivity contribution in [1.29, 1.82) is 0 Å². The number of hydrogen-bond donors (Lipinski definition) is 3. The number of nitrogens with zero attached hydrogens (tertiary/aromatic N) is 6. The zero-order valence-electron chi connectivity index (χ0n) is 34.5. The van der Waals surface area contributed by atoms with Crippen molar-refractivity contribution in [2.75, 3.05) is 46.6 Å². The molecule has 60 heavy (non-hydrogen) atoms. The van der Waals surface area contributed by atoms with Gasteiger partial charge in [0.2, 0.25) is 0 Å². The Morgan fingerprint density at radius 2 is 1.03 bits per heavy atom. The minimum absolute atomic E-state index is 0.0940. The number of rotatable bonds is 11. The van der Waals surface area contributed by atoms with Crippen LogP contribution in [0, 0.1) is 31.3 Å². The fourth-order valence-corrected chi connectivity index (χ4v) is 9.76. The van der Waals surface area contributed by atoms with Crippen LogP contribution in [0.5, 0.6) is 0 Å². The van der Waals surface area contributed by atoms with Crippen LogP contribution in [0.4, 0.5) is 21.6 Å². The zero-order chi connectivity index (χ0) is 42.3. The predicted octanol–water partition coefficient (Wildman–Crippen LogP) is 10.0. The zero-order valence-corrected chi connectivity index (χ0v) is 38.3. The summed E-state index contributed by atoms with van der Waals surface area (Å²) >= 11 is 5.74. The molecular weight excluding hydrogens is 908 g/mol. The summed E-state index contributed by atoms with van der Waals surface area (Å²) in [4.78, 5) is 53.8. The molecule has 0 aliphatic carbocycles. The number of carbonyl (C=O) groups excluding carboxylic acids is 2. The van der Waals surface area contributed by atoms with Gasteiger partial charge in [-0.1, -0.05) is 0 Å². The fraction of sp³-hybridized carbons (Fsp3) is 0.356. The van der Waals surface area contributed by atoms with E-state index < -0.39 is 5.97 Å². The molecule has 0 atom stereocenters. The van der Waals surface area contributed by atoms with E-state index in [-0.39, 0.29) is 17.4 Å². The normalized spacial score (nSPS) is 14.1. The van der Waals surface area contributed by atoms with Crippen LogP contribution in [-0.2, 0) is 13.1 Å². The van der Waals surface area contributed by atoms with Gasteiger partial charge in [0.15, 0.2) is 10.3 Å². The van der Waals surface area contributed by atoms with Crippen molar-refractivity contribution in [2.45, 2.75) is 79.3 Å². The number of aromatic carboxylic acids is 1. The Morgan fingerprint density at radius 1 is 0.633 bits per heavy atom. The molecule has 8 rings (SSSR count). The maximum atomic E-state index is 12.9. The predicted molar refractivity (Wildman–Crippen MR) is 251 cm³/mol. The summed E-state index contributed by atoms with van der Waals surface area (Å²) < 4.78 is 5.08. The number of aromatic nitrogens is 4. The highest BCUT2D eigenvalue weighted by Gasteiger charge is 2.21. The lowest BCUT2D eigenvalue weighted by Crippen LogP contribution is -2.29. The Kier molecular flexibility index (Phi) is 14.1. The SMILES string of the molecule is Cc1cc(C(=O)Nc2ccc(C(=O)O)cc2)n(Cc2nc(N3CCCCC3)sc2C)c1.Cc1cc(C(=O)Nc2ccc(I)cc2)n(Cc2nc(N3CCCCC3)sc2C)c1. The number of piperidine rings is 2. The summed E-state index contributed by atoms with van der Waals surface area (Å²) in [6.45, 7) is 13.6. The molecule has 2 aromatic carbocycles. The van der Waals surface area contributed by atoms with Crippen molar-refractivity contribution in [3.8, 4) is 0 Å². The van der Waals surface area contributed by atoms with Gasteiger partial charge in [0.05, 0.1) is 30.0 Å². The number of thiazole rings is 2. The van der Waals surface area contributed by atoms with Crippen LogP contribution in [-0.4, -0.2) is 68.2 Å². The van der Waals surface area contributed by atoms with Gasteiger partial charge in [0.25, 0.3) is 11.8 Å². The highest BCUT2D eigenvalue weighted by Crippen LogP contribution is 2.31. The van der Waals surface area contributed by atoms with Crippen LogP contribution in [0.3, 0.4) is 0 Å². The smallest absolute Gasteiger partial charge is 0.335 e. The Hall–Kier alpha value is -5.00. The van der Waals surface area contributed by atoms with Crippen molar-refractivity contribution in [2.24, 2.45) is 0 Å². The maximum Gasteiger partial charge on any atom is 0.335 e. The van der Waals surface area contributed by atoms with Gasteiger partial charge in [-0.2, -0.15) is 0 Å². The number of anilines is 4. The van der Waals surface area contributed by atoms with Crippen LogP contribution < -0.4 is 20.4 Å². The topological polar surface area (TPSA) is 138 Å². The van der Waals surface area contributed by atoms with Crippen LogP contribution in [0.25, 0.3) is 0 Å². The summed E-state index contributed by atoms with van der Waals surface area (Å²) in [7, 11) is 0. The first-order valence-electron chi connectivity index (χ1n) is 20.4. The molecule has 4 aromatic heterocycles. The monoisotopic (exact) mass is 958 g/mol. The van der Waals surface area contributed by atoms with E-state index in [2.05, 4.69) is 56.9 Å². The summed E-state index contributed by atoms with van der Waals surface area (Å²) in [6, 6.07) is 17.8. The second-order valence-electron chi connectivity index (χ2n) is 15.5. The lowest BCUT2D eigenvalue weighted by atomic mass is 10.1. The maximum absolute atomic E-state index is 12.9. The molecule has 0 saturated carbocycles. The van der Waals surface area contributed by atoms with Gasteiger partial charge in [0.1, 0.15) is 11.4 Å². The minimum Gasteiger partial charge on any atom is -0.478 e. The molecule has 2 amide bonds. The lowest BCUT2D eigenvalue weighted by Gasteiger charge is -2.25. The first-order valence-corrected chi connectivity index (χ1v) is 23.1. The number of carbonyl (C=O) groups is 3. The van der Waals surface area contributed by atoms with Crippen molar-refractivity contribution in [1.82, 2.24) is 19.1 Å². The number of halogens is 1. The summed E-state index contributed by atoms with van der Waals surface area (Å²) in [5, 5.41) is 17.1. The summed E-state index contributed by atoms with van der Waals surface area (Å²) in [5.41, 5.74) is 6.85.